The molecule has 134 valence electrons. The highest BCUT2D eigenvalue weighted by Crippen LogP contribution is 2.35. The van der Waals surface area contributed by atoms with Crippen LogP contribution in [0.3, 0.4) is 0 Å². The third-order valence-corrected chi connectivity index (χ3v) is 4.95. The highest BCUT2D eigenvalue weighted by Gasteiger charge is 2.17. The summed E-state index contributed by atoms with van der Waals surface area (Å²) < 4.78 is 11.6. The third kappa shape index (κ3) is 5.13. The van der Waals surface area contributed by atoms with E-state index < -0.39 is 0 Å². The van der Waals surface area contributed by atoms with Gasteiger partial charge in [-0.25, -0.2) is 0 Å². The van der Waals surface area contributed by atoms with Gasteiger partial charge in [0, 0.05) is 29.2 Å². The summed E-state index contributed by atoms with van der Waals surface area (Å²) >= 11 is 6.28. The largest absolute Gasteiger partial charge is 0.493 e. The maximum absolute atomic E-state index is 6.28. The van der Waals surface area contributed by atoms with Crippen LogP contribution in [0.4, 0.5) is 0 Å². The summed E-state index contributed by atoms with van der Waals surface area (Å²) in [6.07, 6.45) is 6.48. The van der Waals surface area contributed by atoms with Crippen molar-refractivity contribution in [2.75, 3.05) is 7.11 Å². The topological polar surface area (TPSA) is 30.5 Å². The number of methoxy groups -OCH3 is 1. The SMILES string of the molecule is COc1cc(Cl)cc(CNC2CCCCC2)c1OCc1ccccc1. The van der Waals surface area contributed by atoms with Gasteiger partial charge in [-0.2, -0.15) is 0 Å². The molecular weight excluding hydrogens is 334 g/mol. The minimum atomic E-state index is 0.509. The van der Waals surface area contributed by atoms with Crippen molar-refractivity contribution >= 4 is 11.6 Å². The molecular formula is C21H26ClNO2. The first-order valence-corrected chi connectivity index (χ1v) is 9.40. The maximum Gasteiger partial charge on any atom is 0.166 e. The van der Waals surface area contributed by atoms with Crippen LogP contribution in [0.15, 0.2) is 42.5 Å². The van der Waals surface area contributed by atoms with Crippen molar-refractivity contribution in [2.45, 2.75) is 51.3 Å². The van der Waals surface area contributed by atoms with Gasteiger partial charge in [0.25, 0.3) is 0 Å². The first-order chi connectivity index (χ1) is 12.3. The molecule has 0 spiro atoms. The van der Waals surface area contributed by atoms with E-state index >= 15 is 0 Å². The Morgan fingerprint density at radius 3 is 2.56 bits per heavy atom. The summed E-state index contributed by atoms with van der Waals surface area (Å²) in [4.78, 5) is 0. The molecule has 0 bridgehead atoms. The molecule has 0 radical (unpaired) electrons. The fraction of sp³-hybridized carbons (Fsp3) is 0.429. The Morgan fingerprint density at radius 1 is 1.08 bits per heavy atom. The second-order valence-electron chi connectivity index (χ2n) is 6.59. The van der Waals surface area contributed by atoms with E-state index in [0.29, 0.717) is 23.4 Å². The van der Waals surface area contributed by atoms with Crippen LogP contribution >= 0.6 is 11.6 Å². The molecule has 3 rings (SSSR count). The number of hydrogen-bond donors (Lipinski definition) is 1. The van der Waals surface area contributed by atoms with E-state index in [9.17, 15) is 0 Å². The Bertz CT molecular complexity index is 669. The second kappa shape index (κ2) is 9.12. The average Bonchev–Trinajstić information content (AvgIpc) is 2.66. The average molecular weight is 360 g/mol. The zero-order chi connectivity index (χ0) is 17.5. The number of ether oxygens (including phenoxy) is 2. The number of rotatable bonds is 7. The summed E-state index contributed by atoms with van der Waals surface area (Å²) in [5, 5.41) is 4.33. The standard InChI is InChI=1S/C21H26ClNO2/c1-24-20-13-18(22)12-17(14-23-19-10-6-3-7-11-19)21(20)25-15-16-8-4-2-5-9-16/h2,4-5,8-9,12-13,19,23H,3,6-7,10-11,14-15H2,1H3. The van der Waals surface area contributed by atoms with Crippen molar-refractivity contribution in [2.24, 2.45) is 0 Å². The summed E-state index contributed by atoms with van der Waals surface area (Å²) in [5.41, 5.74) is 2.18. The van der Waals surface area contributed by atoms with E-state index in [-0.39, 0.29) is 0 Å². The molecule has 0 atom stereocenters. The molecule has 0 saturated heterocycles. The zero-order valence-electron chi connectivity index (χ0n) is 14.8. The van der Waals surface area contributed by atoms with Crippen molar-refractivity contribution in [1.29, 1.82) is 0 Å². The molecule has 1 aliphatic carbocycles. The Kier molecular flexibility index (Phi) is 6.60. The number of hydrogen-bond acceptors (Lipinski definition) is 3. The van der Waals surface area contributed by atoms with Gasteiger partial charge in [-0.05, 0) is 24.5 Å². The van der Waals surface area contributed by atoms with E-state index in [1.54, 1.807) is 7.11 Å². The van der Waals surface area contributed by atoms with Crippen LogP contribution in [0.2, 0.25) is 5.02 Å². The Balaban J connectivity index is 1.73. The molecule has 1 fully saturated rings. The van der Waals surface area contributed by atoms with Crippen molar-refractivity contribution in [3.63, 3.8) is 0 Å². The van der Waals surface area contributed by atoms with Gasteiger partial charge in [-0.15, -0.1) is 0 Å². The molecule has 0 amide bonds. The van der Waals surface area contributed by atoms with E-state index in [1.807, 2.05) is 30.3 Å². The highest BCUT2D eigenvalue weighted by atomic mass is 35.5. The van der Waals surface area contributed by atoms with E-state index in [4.69, 9.17) is 21.1 Å². The van der Waals surface area contributed by atoms with Crippen LogP contribution in [0, 0.1) is 0 Å². The molecule has 3 nitrogen and oxygen atoms in total. The van der Waals surface area contributed by atoms with Crippen LogP contribution < -0.4 is 14.8 Å². The smallest absolute Gasteiger partial charge is 0.166 e. The first kappa shape index (κ1) is 18.1. The summed E-state index contributed by atoms with van der Waals surface area (Å²) in [6, 6.07) is 14.5. The van der Waals surface area contributed by atoms with Crippen molar-refractivity contribution in [1.82, 2.24) is 5.32 Å². The van der Waals surface area contributed by atoms with Crippen molar-refractivity contribution < 1.29 is 9.47 Å². The Morgan fingerprint density at radius 2 is 1.84 bits per heavy atom. The van der Waals surface area contributed by atoms with Gasteiger partial charge < -0.3 is 14.8 Å². The minimum absolute atomic E-state index is 0.509. The van der Waals surface area contributed by atoms with Crippen molar-refractivity contribution in [3.05, 3.63) is 58.6 Å². The number of halogens is 1. The first-order valence-electron chi connectivity index (χ1n) is 9.03. The lowest BCUT2D eigenvalue weighted by Crippen LogP contribution is -2.30. The van der Waals surface area contributed by atoms with Gasteiger partial charge in [0.05, 0.1) is 7.11 Å². The molecule has 1 saturated carbocycles. The predicted octanol–water partition coefficient (Wildman–Crippen LogP) is 5.35. The summed E-state index contributed by atoms with van der Waals surface area (Å²) in [7, 11) is 1.65. The molecule has 0 heterocycles. The van der Waals surface area contributed by atoms with E-state index in [1.165, 1.54) is 32.1 Å². The number of benzene rings is 2. The fourth-order valence-electron chi connectivity index (χ4n) is 3.36. The van der Waals surface area contributed by atoms with Crippen LogP contribution in [-0.2, 0) is 13.2 Å². The zero-order valence-corrected chi connectivity index (χ0v) is 15.5. The van der Waals surface area contributed by atoms with Gasteiger partial charge in [-0.3, -0.25) is 0 Å². The Labute approximate surface area is 155 Å². The molecule has 25 heavy (non-hydrogen) atoms. The van der Waals surface area contributed by atoms with Crippen LogP contribution in [0.25, 0.3) is 0 Å². The highest BCUT2D eigenvalue weighted by molar-refractivity contribution is 6.30. The fourth-order valence-corrected chi connectivity index (χ4v) is 3.59. The minimum Gasteiger partial charge on any atom is -0.493 e. The number of nitrogens with one attached hydrogen (secondary N) is 1. The van der Waals surface area contributed by atoms with Crippen LogP contribution in [0.1, 0.15) is 43.2 Å². The monoisotopic (exact) mass is 359 g/mol. The molecule has 2 aromatic rings. The van der Waals surface area contributed by atoms with Crippen LogP contribution in [-0.4, -0.2) is 13.2 Å². The van der Waals surface area contributed by atoms with E-state index in [2.05, 4.69) is 17.4 Å². The quantitative estimate of drug-likeness (QED) is 0.722. The maximum atomic E-state index is 6.28. The molecule has 4 heteroatoms. The molecule has 1 N–H and O–H groups in total. The van der Waals surface area contributed by atoms with Gasteiger partial charge >= 0.3 is 0 Å². The van der Waals surface area contributed by atoms with E-state index in [0.717, 1.165) is 23.4 Å². The summed E-state index contributed by atoms with van der Waals surface area (Å²) in [5.74, 6) is 1.46. The lowest BCUT2D eigenvalue weighted by molar-refractivity contribution is 0.279. The van der Waals surface area contributed by atoms with Gasteiger partial charge in [0.15, 0.2) is 11.5 Å². The van der Waals surface area contributed by atoms with Gasteiger partial charge in [-0.1, -0.05) is 61.2 Å². The molecule has 1 aliphatic rings. The van der Waals surface area contributed by atoms with Gasteiger partial charge in [0.1, 0.15) is 6.61 Å². The summed E-state index contributed by atoms with van der Waals surface area (Å²) in [6.45, 7) is 1.25. The second-order valence-corrected chi connectivity index (χ2v) is 7.02. The van der Waals surface area contributed by atoms with Crippen molar-refractivity contribution in [3.8, 4) is 11.5 Å². The molecule has 0 aromatic heterocycles. The molecule has 0 aliphatic heterocycles. The molecule has 2 aromatic carbocycles. The Hall–Kier alpha value is -1.71. The lowest BCUT2D eigenvalue weighted by Gasteiger charge is -2.24. The lowest BCUT2D eigenvalue weighted by atomic mass is 9.95. The molecule has 0 unspecified atom stereocenters. The predicted molar refractivity (Wildman–Crippen MR) is 102 cm³/mol. The van der Waals surface area contributed by atoms with Crippen LogP contribution in [0.5, 0.6) is 11.5 Å². The van der Waals surface area contributed by atoms with Gasteiger partial charge in [0.2, 0.25) is 0 Å². The normalized spacial score (nSPS) is 15.1. The third-order valence-electron chi connectivity index (χ3n) is 4.73.